The number of ether oxygens (including phenoxy) is 1. The number of thioether (sulfide) groups is 1. The standard InChI is InChI=1S/C20H27N3O4S2/c1-16-22-19(14-27-16)17-2-4-18(5-3-17)29(24,25)21-15-20(6-10-26-11-7-20)23-8-12-28-13-9-23/h2-5,14,21H,6-13,15H2,1H3. The van der Waals surface area contributed by atoms with Crippen molar-refractivity contribution in [1.82, 2.24) is 14.6 Å². The SMILES string of the molecule is Cc1nc(-c2ccc(S(=O)(=O)NCC3(N4CCSCC4)CCOCC3)cc2)co1. The summed E-state index contributed by atoms with van der Waals surface area (Å²) in [5, 5.41) is 0. The van der Waals surface area contributed by atoms with E-state index in [1.807, 2.05) is 11.8 Å². The predicted molar refractivity (Wildman–Crippen MR) is 114 cm³/mol. The van der Waals surface area contributed by atoms with Crippen molar-refractivity contribution in [2.24, 2.45) is 0 Å². The van der Waals surface area contributed by atoms with E-state index in [-0.39, 0.29) is 10.4 Å². The fraction of sp³-hybridized carbons (Fsp3) is 0.550. The van der Waals surface area contributed by atoms with Crippen LogP contribution in [0, 0.1) is 6.92 Å². The van der Waals surface area contributed by atoms with Crippen molar-refractivity contribution in [3.63, 3.8) is 0 Å². The molecule has 1 N–H and O–H groups in total. The monoisotopic (exact) mass is 437 g/mol. The molecule has 158 valence electrons. The highest BCUT2D eigenvalue weighted by molar-refractivity contribution is 7.99. The number of hydrogen-bond acceptors (Lipinski definition) is 7. The number of nitrogens with zero attached hydrogens (tertiary/aromatic N) is 2. The fourth-order valence-corrected chi connectivity index (χ4v) is 6.03. The van der Waals surface area contributed by atoms with E-state index in [9.17, 15) is 8.42 Å². The summed E-state index contributed by atoms with van der Waals surface area (Å²) in [4.78, 5) is 7.01. The van der Waals surface area contributed by atoms with Crippen LogP contribution in [0.3, 0.4) is 0 Å². The lowest BCUT2D eigenvalue weighted by Gasteiger charge is -2.47. The minimum atomic E-state index is -3.60. The Hall–Kier alpha value is -1.39. The Morgan fingerprint density at radius 1 is 1.17 bits per heavy atom. The molecule has 7 nitrogen and oxygen atoms in total. The molecule has 0 bridgehead atoms. The maximum atomic E-state index is 13.0. The highest BCUT2D eigenvalue weighted by Crippen LogP contribution is 2.30. The predicted octanol–water partition coefficient (Wildman–Crippen LogP) is 2.53. The molecule has 0 amide bonds. The zero-order valence-corrected chi connectivity index (χ0v) is 18.2. The van der Waals surface area contributed by atoms with Crippen LogP contribution in [0.1, 0.15) is 18.7 Å². The van der Waals surface area contributed by atoms with Gasteiger partial charge in [-0.05, 0) is 25.0 Å². The van der Waals surface area contributed by atoms with Gasteiger partial charge >= 0.3 is 0 Å². The van der Waals surface area contributed by atoms with Crippen LogP contribution < -0.4 is 4.72 Å². The summed E-state index contributed by atoms with van der Waals surface area (Å²) in [7, 11) is -3.60. The van der Waals surface area contributed by atoms with E-state index in [4.69, 9.17) is 9.15 Å². The molecule has 2 aromatic rings. The van der Waals surface area contributed by atoms with E-state index in [2.05, 4.69) is 14.6 Å². The van der Waals surface area contributed by atoms with Gasteiger partial charge in [-0.25, -0.2) is 18.1 Å². The van der Waals surface area contributed by atoms with E-state index in [1.54, 1.807) is 37.5 Å². The molecular weight excluding hydrogens is 410 g/mol. The van der Waals surface area contributed by atoms with E-state index in [0.29, 0.717) is 31.3 Å². The summed E-state index contributed by atoms with van der Waals surface area (Å²) < 4.78 is 39.6. The molecule has 2 aliphatic rings. The minimum Gasteiger partial charge on any atom is -0.449 e. The Morgan fingerprint density at radius 2 is 1.86 bits per heavy atom. The van der Waals surface area contributed by atoms with Crippen molar-refractivity contribution in [2.45, 2.75) is 30.2 Å². The second-order valence-corrected chi connectivity index (χ2v) is 10.5. The highest BCUT2D eigenvalue weighted by Gasteiger charge is 2.39. The van der Waals surface area contributed by atoms with E-state index < -0.39 is 10.0 Å². The van der Waals surface area contributed by atoms with Gasteiger partial charge in [-0.3, -0.25) is 4.90 Å². The smallest absolute Gasteiger partial charge is 0.240 e. The topological polar surface area (TPSA) is 84.7 Å². The Bertz CT molecular complexity index is 915. The Morgan fingerprint density at radius 3 is 2.48 bits per heavy atom. The quantitative estimate of drug-likeness (QED) is 0.743. The van der Waals surface area contributed by atoms with Crippen molar-refractivity contribution in [1.29, 1.82) is 0 Å². The zero-order chi connectivity index (χ0) is 20.3. The summed E-state index contributed by atoms with van der Waals surface area (Å²) >= 11 is 1.96. The van der Waals surface area contributed by atoms with Gasteiger partial charge in [-0.1, -0.05) is 12.1 Å². The molecule has 0 aliphatic carbocycles. The largest absolute Gasteiger partial charge is 0.449 e. The number of benzene rings is 1. The van der Waals surface area contributed by atoms with Crippen LogP contribution in [0.15, 0.2) is 39.8 Å². The number of nitrogens with one attached hydrogen (secondary N) is 1. The average molecular weight is 438 g/mol. The molecule has 0 spiro atoms. The van der Waals surface area contributed by atoms with Crippen molar-refractivity contribution < 1.29 is 17.6 Å². The number of aromatic nitrogens is 1. The third-order valence-corrected chi connectivity index (χ3v) is 8.14. The van der Waals surface area contributed by atoms with E-state index in [1.165, 1.54) is 0 Å². The summed E-state index contributed by atoms with van der Waals surface area (Å²) in [5.41, 5.74) is 1.36. The number of rotatable bonds is 6. The molecule has 0 unspecified atom stereocenters. The molecule has 0 saturated carbocycles. The molecule has 1 aromatic carbocycles. The summed E-state index contributed by atoms with van der Waals surface area (Å²) in [6.45, 7) is 5.54. The first-order chi connectivity index (χ1) is 14.0. The number of aryl methyl sites for hydroxylation is 1. The van der Waals surface area contributed by atoms with Gasteiger partial charge in [0.25, 0.3) is 0 Å². The fourth-order valence-electron chi connectivity index (χ4n) is 4.01. The molecule has 0 radical (unpaired) electrons. The van der Waals surface area contributed by atoms with Gasteiger partial charge in [0.1, 0.15) is 12.0 Å². The van der Waals surface area contributed by atoms with Crippen molar-refractivity contribution in [3.8, 4) is 11.3 Å². The van der Waals surface area contributed by atoms with Crippen molar-refractivity contribution in [2.75, 3.05) is 44.4 Å². The van der Waals surface area contributed by atoms with Crippen LogP contribution in [0.25, 0.3) is 11.3 Å². The number of hydrogen-bond donors (Lipinski definition) is 1. The zero-order valence-electron chi connectivity index (χ0n) is 16.6. The number of sulfonamides is 1. The van der Waals surface area contributed by atoms with Gasteiger partial charge in [0.15, 0.2) is 5.89 Å². The third kappa shape index (κ3) is 4.69. The lowest BCUT2D eigenvalue weighted by molar-refractivity contribution is -0.0218. The normalized spacial score (nSPS) is 20.6. The van der Waals surface area contributed by atoms with E-state index >= 15 is 0 Å². The lowest BCUT2D eigenvalue weighted by Crippen LogP contribution is -2.60. The molecule has 2 fully saturated rings. The maximum absolute atomic E-state index is 13.0. The molecule has 2 saturated heterocycles. The van der Waals surface area contributed by atoms with Crippen LogP contribution in [-0.2, 0) is 14.8 Å². The van der Waals surface area contributed by atoms with Crippen LogP contribution >= 0.6 is 11.8 Å². The van der Waals surface area contributed by atoms with Gasteiger partial charge in [0.05, 0.1) is 4.90 Å². The van der Waals surface area contributed by atoms with Crippen LogP contribution in [0.2, 0.25) is 0 Å². The minimum absolute atomic E-state index is 0.162. The lowest BCUT2D eigenvalue weighted by atomic mass is 9.88. The van der Waals surface area contributed by atoms with Gasteiger partial charge < -0.3 is 9.15 Å². The number of oxazole rings is 1. The van der Waals surface area contributed by atoms with Crippen molar-refractivity contribution >= 4 is 21.8 Å². The molecule has 2 aliphatic heterocycles. The molecule has 3 heterocycles. The molecule has 4 rings (SSSR count). The summed E-state index contributed by atoms with van der Waals surface area (Å²) in [6, 6.07) is 6.77. The van der Waals surface area contributed by atoms with Gasteiger partial charge in [-0.15, -0.1) is 0 Å². The van der Waals surface area contributed by atoms with Crippen molar-refractivity contribution in [3.05, 3.63) is 36.4 Å². The molecule has 29 heavy (non-hydrogen) atoms. The Labute approximate surface area is 176 Å². The first-order valence-corrected chi connectivity index (χ1v) is 12.6. The molecule has 9 heteroatoms. The molecule has 0 atom stereocenters. The van der Waals surface area contributed by atoms with Crippen LogP contribution in [-0.4, -0.2) is 68.2 Å². The van der Waals surface area contributed by atoms with E-state index in [0.717, 1.165) is 43.0 Å². The second-order valence-electron chi connectivity index (χ2n) is 7.54. The van der Waals surface area contributed by atoms with Gasteiger partial charge in [0.2, 0.25) is 10.0 Å². The van der Waals surface area contributed by atoms with Gasteiger partial charge in [-0.2, -0.15) is 11.8 Å². The van der Waals surface area contributed by atoms with Gasteiger partial charge in [0, 0.05) is 62.4 Å². The second kappa shape index (κ2) is 8.77. The first kappa shape index (κ1) is 20.9. The molecule has 1 aromatic heterocycles. The average Bonchev–Trinajstić information content (AvgIpc) is 3.20. The summed E-state index contributed by atoms with van der Waals surface area (Å²) in [6.07, 6.45) is 3.28. The Kier molecular flexibility index (Phi) is 6.31. The molecular formula is C20H27N3O4S2. The third-order valence-electron chi connectivity index (χ3n) is 5.78. The Balaban J connectivity index is 1.48. The van der Waals surface area contributed by atoms with Crippen LogP contribution in [0.5, 0.6) is 0 Å². The maximum Gasteiger partial charge on any atom is 0.240 e. The highest BCUT2D eigenvalue weighted by atomic mass is 32.2. The first-order valence-electron chi connectivity index (χ1n) is 9.91. The van der Waals surface area contributed by atoms with Crippen LogP contribution in [0.4, 0.5) is 0 Å². The summed E-state index contributed by atoms with van der Waals surface area (Å²) in [5.74, 6) is 2.77.